The fraction of sp³-hybridized carbons (Fsp3) is 0.833. The van der Waals surface area contributed by atoms with Gasteiger partial charge in [0.2, 0.25) is 0 Å². The number of aliphatic hydroxyl groups excluding tert-OH is 2. The Morgan fingerprint density at radius 1 is 1.64 bits per heavy atom. The molecule has 0 amide bonds. The van der Waals surface area contributed by atoms with Crippen LogP contribution in [0.15, 0.2) is 0 Å². The second-order valence-electron chi connectivity index (χ2n) is 2.23. The molecule has 0 unspecified atom stereocenters. The van der Waals surface area contributed by atoms with E-state index in [0.29, 0.717) is 0 Å². The molecule has 0 fully saturated rings. The van der Waals surface area contributed by atoms with Crippen LogP contribution in [-0.4, -0.2) is 46.6 Å². The fourth-order valence-electron chi connectivity index (χ4n) is 0.684. The van der Waals surface area contributed by atoms with Gasteiger partial charge in [0, 0.05) is 6.54 Å². The molecule has 0 aromatic carbocycles. The SMILES string of the molecule is C[C@@H](O)[C@H](NCCO)C(=O)O. The molecular formula is C6H13NO4. The fourth-order valence-corrected chi connectivity index (χ4v) is 0.684. The lowest BCUT2D eigenvalue weighted by atomic mass is 10.2. The molecule has 2 atom stereocenters. The molecular weight excluding hydrogens is 150 g/mol. The quantitative estimate of drug-likeness (QED) is 0.392. The van der Waals surface area contributed by atoms with Crippen LogP contribution in [0.2, 0.25) is 0 Å². The number of rotatable bonds is 5. The van der Waals surface area contributed by atoms with Gasteiger partial charge in [0.1, 0.15) is 6.04 Å². The van der Waals surface area contributed by atoms with Crippen LogP contribution >= 0.6 is 0 Å². The van der Waals surface area contributed by atoms with E-state index in [0.717, 1.165) is 0 Å². The molecule has 0 rings (SSSR count). The molecule has 0 saturated carbocycles. The zero-order chi connectivity index (χ0) is 8.85. The zero-order valence-corrected chi connectivity index (χ0v) is 6.32. The second-order valence-corrected chi connectivity index (χ2v) is 2.23. The third-order valence-corrected chi connectivity index (χ3v) is 1.22. The first-order valence-electron chi connectivity index (χ1n) is 3.34. The van der Waals surface area contributed by atoms with E-state index in [-0.39, 0.29) is 13.2 Å². The smallest absolute Gasteiger partial charge is 0.323 e. The Bertz CT molecular complexity index is 126. The van der Waals surface area contributed by atoms with Crippen molar-refractivity contribution in [1.82, 2.24) is 5.32 Å². The third-order valence-electron chi connectivity index (χ3n) is 1.22. The Labute approximate surface area is 64.7 Å². The molecule has 0 aliphatic carbocycles. The molecule has 0 aromatic heterocycles. The van der Waals surface area contributed by atoms with E-state index >= 15 is 0 Å². The van der Waals surface area contributed by atoms with Gasteiger partial charge in [-0.05, 0) is 6.92 Å². The van der Waals surface area contributed by atoms with Gasteiger partial charge in [0.05, 0.1) is 12.7 Å². The van der Waals surface area contributed by atoms with E-state index in [2.05, 4.69) is 5.32 Å². The molecule has 11 heavy (non-hydrogen) atoms. The van der Waals surface area contributed by atoms with Crippen LogP contribution in [0.4, 0.5) is 0 Å². The van der Waals surface area contributed by atoms with Crippen LogP contribution in [0.5, 0.6) is 0 Å². The summed E-state index contributed by atoms with van der Waals surface area (Å²) in [6.45, 7) is 1.40. The lowest BCUT2D eigenvalue weighted by Gasteiger charge is -2.15. The lowest BCUT2D eigenvalue weighted by molar-refractivity contribution is -0.142. The van der Waals surface area contributed by atoms with Crippen LogP contribution in [0.25, 0.3) is 0 Å². The van der Waals surface area contributed by atoms with E-state index < -0.39 is 18.1 Å². The molecule has 0 aliphatic rings. The van der Waals surface area contributed by atoms with Gasteiger partial charge in [0.15, 0.2) is 0 Å². The molecule has 66 valence electrons. The largest absolute Gasteiger partial charge is 0.480 e. The van der Waals surface area contributed by atoms with E-state index in [1.807, 2.05) is 0 Å². The van der Waals surface area contributed by atoms with Gasteiger partial charge in [-0.3, -0.25) is 10.1 Å². The molecule has 0 bridgehead atoms. The van der Waals surface area contributed by atoms with E-state index in [1.165, 1.54) is 6.92 Å². The summed E-state index contributed by atoms with van der Waals surface area (Å²) in [5.74, 6) is -1.12. The summed E-state index contributed by atoms with van der Waals surface area (Å²) < 4.78 is 0. The van der Waals surface area contributed by atoms with Gasteiger partial charge in [0.25, 0.3) is 0 Å². The Hall–Kier alpha value is -0.650. The zero-order valence-electron chi connectivity index (χ0n) is 6.32. The Kier molecular flexibility index (Phi) is 4.76. The lowest BCUT2D eigenvalue weighted by Crippen LogP contribution is -2.45. The van der Waals surface area contributed by atoms with Crippen molar-refractivity contribution >= 4 is 5.97 Å². The summed E-state index contributed by atoms with van der Waals surface area (Å²) in [7, 11) is 0. The van der Waals surface area contributed by atoms with Crippen molar-refractivity contribution in [2.24, 2.45) is 0 Å². The minimum atomic E-state index is -1.12. The summed E-state index contributed by atoms with van der Waals surface area (Å²) in [5.41, 5.74) is 0. The number of carboxylic acid groups (broad SMARTS) is 1. The Morgan fingerprint density at radius 2 is 2.18 bits per heavy atom. The van der Waals surface area contributed by atoms with E-state index in [1.54, 1.807) is 0 Å². The van der Waals surface area contributed by atoms with Gasteiger partial charge in [-0.1, -0.05) is 0 Å². The molecule has 4 N–H and O–H groups in total. The summed E-state index contributed by atoms with van der Waals surface area (Å²) >= 11 is 0. The number of hydrogen-bond acceptors (Lipinski definition) is 4. The van der Waals surface area contributed by atoms with Crippen molar-refractivity contribution in [3.63, 3.8) is 0 Å². The summed E-state index contributed by atoms with van der Waals surface area (Å²) in [5, 5.41) is 28.2. The minimum Gasteiger partial charge on any atom is -0.480 e. The minimum absolute atomic E-state index is 0.142. The van der Waals surface area contributed by atoms with Crippen molar-refractivity contribution in [1.29, 1.82) is 0 Å². The van der Waals surface area contributed by atoms with Gasteiger partial charge in [-0.25, -0.2) is 0 Å². The normalized spacial score (nSPS) is 15.9. The van der Waals surface area contributed by atoms with Crippen LogP contribution in [-0.2, 0) is 4.79 Å². The topological polar surface area (TPSA) is 89.8 Å². The Morgan fingerprint density at radius 3 is 2.45 bits per heavy atom. The van der Waals surface area contributed by atoms with Crippen molar-refractivity contribution in [3.8, 4) is 0 Å². The number of carbonyl (C=O) groups is 1. The number of carboxylic acids is 1. The molecule has 5 nitrogen and oxygen atoms in total. The predicted molar refractivity (Wildman–Crippen MR) is 38.2 cm³/mol. The third kappa shape index (κ3) is 3.92. The maximum absolute atomic E-state index is 10.3. The van der Waals surface area contributed by atoms with Crippen molar-refractivity contribution in [2.75, 3.05) is 13.2 Å². The van der Waals surface area contributed by atoms with Crippen molar-refractivity contribution in [2.45, 2.75) is 19.1 Å². The number of aliphatic hydroxyl groups is 2. The number of aliphatic carboxylic acids is 1. The highest BCUT2D eigenvalue weighted by Gasteiger charge is 2.21. The molecule has 0 heterocycles. The maximum Gasteiger partial charge on any atom is 0.323 e. The molecule has 0 aromatic rings. The van der Waals surface area contributed by atoms with Crippen molar-refractivity contribution < 1.29 is 20.1 Å². The highest BCUT2D eigenvalue weighted by molar-refractivity contribution is 5.74. The van der Waals surface area contributed by atoms with Gasteiger partial charge < -0.3 is 15.3 Å². The summed E-state index contributed by atoms with van der Waals surface area (Å²) in [4.78, 5) is 10.3. The summed E-state index contributed by atoms with van der Waals surface area (Å²) in [6, 6.07) is -0.998. The second kappa shape index (κ2) is 5.06. The van der Waals surface area contributed by atoms with Crippen LogP contribution in [0.1, 0.15) is 6.92 Å². The monoisotopic (exact) mass is 163 g/mol. The molecule has 0 radical (unpaired) electrons. The van der Waals surface area contributed by atoms with Crippen molar-refractivity contribution in [3.05, 3.63) is 0 Å². The standard InChI is InChI=1S/C6H13NO4/c1-4(9)5(6(10)11)7-2-3-8/h4-5,7-9H,2-3H2,1H3,(H,10,11)/t4-,5+/m1/s1. The highest BCUT2D eigenvalue weighted by atomic mass is 16.4. The highest BCUT2D eigenvalue weighted by Crippen LogP contribution is 1.91. The first-order chi connectivity index (χ1) is 5.09. The molecule has 0 aliphatic heterocycles. The van der Waals surface area contributed by atoms with E-state index in [9.17, 15) is 4.79 Å². The molecule has 0 saturated heterocycles. The van der Waals surface area contributed by atoms with E-state index in [4.69, 9.17) is 15.3 Å². The van der Waals surface area contributed by atoms with Crippen LogP contribution < -0.4 is 5.32 Å². The molecule has 5 heteroatoms. The number of nitrogens with one attached hydrogen (secondary N) is 1. The van der Waals surface area contributed by atoms with Gasteiger partial charge in [-0.2, -0.15) is 0 Å². The first-order valence-corrected chi connectivity index (χ1v) is 3.34. The van der Waals surface area contributed by atoms with Gasteiger partial charge >= 0.3 is 5.97 Å². The average molecular weight is 163 g/mol. The predicted octanol–water partition coefficient (Wildman–Crippen LogP) is -1.60. The average Bonchev–Trinajstić information content (AvgIpc) is 1.87. The first kappa shape index (κ1) is 10.3. The maximum atomic E-state index is 10.3. The Balaban J connectivity index is 3.80. The van der Waals surface area contributed by atoms with Crippen LogP contribution in [0, 0.1) is 0 Å². The summed E-state index contributed by atoms with van der Waals surface area (Å²) in [6.07, 6.45) is -0.959. The number of hydrogen-bond donors (Lipinski definition) is 4. The van der Waals surface area contributed by atoms with Gasteiger partial charge in [-0.15, -0.1) is 0 Å². The van der Waals surface area contributed by atoms with Crippen LogP contribution in [0.3, 0.4) is 0 Å². The molecule has 0 spiro atoms.